The molecule has 3 heteroatoms. The summed E-state index contributed by atoms with van der Waals surface area (Å²) in [5.74, 6) is 0. The molecule has 0 saturated heterocycles. The molecule has 122 valence electrons. The van der Waals surface area contributed by atoms with Crippen molar-refractivity contribution in [3.05, 3.63) is 96.0 Å². The van der Waals surface area contributed by atoms with Crippen molar-refractivity contribution in [1.29, 1.82) is 0 Å². The molecular formula is C22H15ClS2. The Hall–Kier alpha value is -2.00. The molecule has 1 heterocycles. The molecule has 0 bridgehead atoms. The molecule has 0 nitrogen and oxygen atoms in total. The lowest BCUT2D eigenvalue weighted by molar-refractivity contribution is 1.45. The van der Waals surface area contributed by atoms with E-state index in [1.165, 1.54) is 30.7 Å². The Kier molecular flexibility index (Phi) is 4.93. The number of hydrogen-bond acceptors (Lipinski definition) is 2. The normalized spacial score (nSPS) is 10.8. The predicted octanol–water partition coefficient (Wildman–Crippen LogP) is 7.89. The third-order valence-corrected chi connectivity index (χ3v) is 6.51. The number of rotatable bonds is 4. The first kappa shape index (κ1) is 16.5. The van der Waals surface area contributed by atoms with Crippen LogP contribution in [0.15, 0.2) is 100 Å². The number of halogens is 1. The average molecular weight is 379 g/mol. The topological polar surface area (TPSA) is 0 Å². The van der Waals surface area contributed by atoms with E-state index in [-0.39, 0.29) is 0 Å². The van der Waals surface area contributed by atoms with Crippen molar-refractivity contribution in [2.75, 3.05) is 0 Å². The van der Waals surface area contributed by atoms with E-state index in [0.717, 1.165) is 5.02 Å². The fourth-order valence-corrected chi connectivity index (χ4v) is 5.16. The van der Waals surface area contributed by atoms with Crippen LogP contribution in [0.3, 0.4) is 0 Å². The second kappa shape index (κ2) is 7.49. The Morgan fingerprint density at radius 1 is 0.680 bits per heavy atom. The van der Waals surface area contributed by atoms with Crippen molar-refractivity contribution in [3.8, 4) is 21.6 Å². The molecule has 0 spiro atoms. The first-order valence-corrected chi connectivity index (χ1v) is 9.99. The highest BCUT2D eigenvalue weighted by atomic mass is 35.5. The average Bonchev–Trinajstić information content (AvgIpc) is 3.09. The zero-order valence-corrected chi connectivity index (χ0v) is 15.7. The quantitative estimate of drug-likeness (QED) is 0.348. The molecule has 25 heavy (non-hydrogen) atoms. The summed E-state index contributed by atoms with van der Waals surface area (Å²) >= 11 is 9.65. The molecule has 1 aromatic heterocycles. The van der Waals surface area contributed by atoms with Gasteiger partial charge in [-0.25, -0.2) is 0 Å². The highest BCUT2D eigenvalue weighted by Gasteiger charge is 2.13. The van der Waals surface area contributed by atoms with Crippen molar-refractivity contribution in [2.24, 2.45) is 0 Å². The molecule has 4 aromatic rings. The Balaban J connectivity index is 1.78. The van der Waals surface area contributed by atoms with Crippen molar-refractivity contribution in [2.45, 2.75) is 9.10 Å². The van der Waals surface area contributed by atoms with Crippen LogP contribution in [0, 0.1) is 0 Å². The Bertz CT molecular complexity index is 958. The molecule has 0 unspecified atom stereocenters. The van der Waals surface area contributed by atoms with Gasteiger partial charge < -0.3 is 0 Å². The van der Waals surface area contributed by atoms with Crippen LogP contribution >= 0.6 is 34.7 Å². The van der Waals surface area contributed by atoms with Gasteiger partial charge in [0.1, 0.15) is 0 Å². The van der Waals surface area contributed by atoms with E-state index in [1.807, 2.05) is 23.5 Å². The SMILES string of the molecule is Clc1ccc(Sc2sc(-c3ccccc3)cc2-c2ccccc2)cc1. The largest absolute Gasteiger partial charge is 0.128 e. The maximum Gasteiger partial charge on any atom is 0.0731 e. The minimum Gasteiger partial charge on any atom is -0.128 e. The molecule has 0 saturated carbocycles. The van der Waals surface area contributed by atoms with E-state index in [2.05, 4.69) is 78.9 Å². The van der Waals surface area contributed by atoms with Crippen molar-refractivity contribution in [1.82, 2.24) is 0 Å². The smallest absolute Gasteiger partial charge is 0.0731 e. The third kappa shape index (κ3) is 3.82. The predicted molar refractivity (Wildman–Crippen MR) is 111 cm³/mol. The zero-order chi connectivity index (χ0) is 17.1. The van der Waals surface area contributed by atoms with E-state index < -0.39 is 0 Å². The number of benzene rings is 3. The second-order valence-electron chi connectivity index (χ2n) is 5.60. The summed E-state index contributed by atoms with van der Waals surface area (Å²) in [6.07, 6.45) is 0. The van der Waals surface area contributed by atoms with Gasteiger partial charge in [-0.2, -0.15) is 0 Å². The fraction of sp³-hybridized carbons (Fsp3) is 0. The molecule has 0 aliphatic rings. The van der Waals surface area contributed by atoms with Crippen molar-refractivity contribution >= 4 is 34.7 Å². The van der Waals surface area contributed by atoms with Crippen LogP contribution in [0.4, 0.5) is 0 Å². The van der Waals surface area contributed by atoms with Crippen LogP contribution in [0.5, 0.6) is 0 Å². The Morgan fingerprint density at radius 2 is 1.28 bits per heavy atom. The van der Waals surface area contributed by atoms with Gasteiger partial charge in [-0.3, -0.25) is 0 Å². The lowest BCUT2D eigenvalue weighted by Gasteiger charge is -2.04. The summed E-state index contributed by atoms with van der Waals surface area (Å²) in [6.45, 7) is 0. The molecule has 0 fully saturated rings. The molecule has 0 aliphatic heterocycles. The lowest BCUT2D eigenvalue weighted by atomic mass is 10.1. The minimum absolute atomic E-state index is 0.767. The maximum atomic E-state index is 6.02. The molecule has 0 radical (unpaired) electrons. The van der Waals surface area contributed by atoms with Crippen LogP contribution in [-0.4, -0.2) is 0 Å². The van der Waals surface area contributed by atoms with Crippen LogP contribution in [0.25, 0.3) is 21.6 Å². The molecule has 0 atom stereocenters. The molecule has 0 amide bonds. The monoisotopic (exact) mass is 378 g/mol. The van der Waals surface area contributed by atoms with E-state index in [4.69, 9.17) is 11.6 Å². The Morgan fingerprint density at radius 3 is 1.92 bits per heavy atom. The van der Waals surface area contributed by atoms with Gasteiger partial charge in [-0.15, -0.1) is 11.3 Å². The maximum absolute atomic E-state index is 6.02. The highest BCUT2D eigenvalue weighted by molar-refractivity contribution is 8.01. The summed E-state index contributed by atoms with van der Waals surface area (Å²) < 4.78 is 1.30. The fourth-order valence-electron chi connectivity index (χ4n) is 2.62. The van der Waals surface area contributed by atoms with Crippen LogP contribution < -0.4 is 0 Å². The minimum atomic E-state index is 0.767. The molecule has 4 rings (SSSR count). The van der Waals surface area contributed by atoms with Gasteiger partial charge in [0.2, 0.25) is 0 Å². The lowest BCUT2D eigenvalue weighted by Crippen LogP contribution is -1.76. The summed E-state index contributed by atoms with van der Waals surface area (Å²) in [5, 5.41) is 0.767. The summed E-state index contributed by atoms with van der Waals surface area (Å²) in [6, 6.07) is 31.5. The first-order chi connectivity index (χ1) is 12.3. The van der Waals surface area contributed by atoms with E-state index in [1.54, 1.807) is 11.8 Å². The molecular weight excluding hydrogens is 364 g/mol. The van der Waals surface area contributed by atoms with Crippen LogP contribution in [-0.2, 0) is 0 Å². The second-order valence-corrected chi connectivity index (χ2v) is 8.43. The molecule has 3 aromatic carbocycles. The van der Waals surface area contributed by atoms with E-state index in [0.29, 0.717) is 0 Å². The first-order valence-electron chi connectivity index (χ1n) is 7.98. The van der Waals surface area contributed by atoms with Gasteiger partial charge in [0.05, 0.1) is 4.21 Å². The zero-order valence-electron chi connectivity index (χ0n) is 13.4. The van der Waals surface area contributed by atoms with Crippen molar-refractivity contribution in [3.63, 3.8) is 0 Å². The number of thiophene rings is 1. The van der Waals surface area contributed by atoms with E-state index in [9.17, 15) is 0 Å². The standard InChI is InChI=1S/C22H15ClS2/c23-18-11-13-19(14-12-18)24-22-20(16-7-3-1-4-8-16)15-21(25-22)17-9-5-2-6-10-17/h1-15H. The van der Waals surface area contributed by atoms with Crippen LogP contribution in [0.1, 0.15) is 0 Å². The van der Waals surface area contributed by atoms with Gasteiger partial charge in [-0.05, 0) is 41.5 Å². The van der Waals surface area contributed by atoms with E-state index >= 15 is 0 Å². The van der Waals surface area contributed by atoms with Gasteiger partial charge in [-0.1, -0.05) is 84.0 Å². The summed E-state index contributed by atoms with van der Waals surface area (Å²) in [5.41, 5.74) is 3.79. The highest BCUT2D eigenvalue weighted by Crippen LogP contribution is 2.45. The van der Waals surface area contributed by atoms with Crippen LogP contribution in [0.2, 0.25) is 5.02 Å². The van der Waals surface area contributed by atoms with Gasteiger partial charge >= 0.3 is 0 Å². The molecule has 0 aliphatic carbocycles. The van der Waals surface area contributed by atoms with Gasteiger partial charge in [0.15, 0.2) is 0 Å². The number of hydrogen-bond donors (Lipinski definition) is 0. The Labute approximate surface area is 161 Å². The van der Waals surface area contributed by atoms with Crippen molar-refractivity contribution < 1.29 is 0 Å². The van der Waals surface area contributed by atoms with Gasteiger partial charge in [0, 0.05) is 20.4 Å². The molecule has 0 N–H and O–H groups in total. The third-order valence-electron chi connectivity index (χ3n) is 3.87. The van der Waals surface area contributed by atoms with Gasteiger partial charge in [0.25, 0.3) is 0 Å². The summed E-state index contributed by atoms with van der Waals surface area (Å²) in [7, 11) is 0. The summed E-state index contributed by atoms with van der Waals surface area (Å²) in [4.78, 5) is 2.49.